The fourth-order valence-corrected chi connectivity index (χ4v) is 3.25. The van der Waals surface area contributed by atoms with Gasteiger partial charge in [-0.2, -0.15) is 0 Å². The summed E-state index contributed by atoms with van der Waals surface area (Å²) in [4.78, 5) is 46.7. The minimum absolute atomic E-state index is 0.194. The number of esters is 2. The largest absolute Gasteiger partial charge is 0.467 e. The smallest absolute Gasteiger partial charge is 0.328 e. The number of nitrogens with one attached hydrogen (secondary N) is 2. The lowest BCUT2D eigenvalue weighted by atomic mass is 10.0. The number of anilines is 1. The Bertz CT molecular complexity index is 1040. The lowest BCUT2D eigenvalue weighted by Gasteiger charge is -2.17. The van der Waals surface area contributed by atoms with E-state index >= 15 is 0 Å². The second-order valence-electron chi connectivity index (χ2n) is 7.58. The van der Waals surface area contributed by atoms with Crippen molar-refractivity contribution in [1.29, 1.82) is 0 Å². The molecule has 2 aromatic rings. The Kier molecular flexibility index (Phi) is 9.42. The standard InChI is InChI=1S/C24H29N3O7/c1-14(28)26-20(23(30)32-3)11-16-5-8-18(9-6-16)34-22-13-17(7-10-19(22)25)12-21(24(31)33-4)27-15(2)29/h5-10,13,20-21H,11-12,25H2,1-4H3,(H,26,28)(H,27,29)/t20-,21-/m0/s1. The molecule has 0 bridgehead atoms. The summed E-state index contributed by atoms with van der Waals surface area (Å²) in [6.45, 7) is 2.65. The van der Waals surface area contributed by atoms with Crippen molar-refractivity contribution in [2.45, 2.75) is 38.8 Å². The van der Waals surface area contributed by atoms with Gasteiger partial charge in [0.2, 0.25) is 11.8 Å². The Labute approximate surface area is 197 Å². The van der Waals surface area contributed by atoms with Crippen molar-refractivity contribution in [1.82, 2.24) is 10.6 Å². The van der Waals surface area contributed by atoms with Crippen LogP contribution in [0.4, 0.5) is 5.69 Å². The van der Waals surface area contributed by atoms with Crippen LogP contribution in [-0.4, -0.2) is 50.1 Å². The van der Waals surface area contributed by atoms with Crippen LogP contribution in [0.1, 0.15) is 25.0 Å². The maximum absolute atomic E-state index is 12.0. The van der Waals surface area contributed by atoms with E-state index in [0.29, 0.717) is 22.7 Å². The van der Waals surface area contributed by atoms with Gasteiger partial charge in [0.1, 0.15) is 17.8 Å². The third kappa shape index (κ3) is 7.80. The molecule has 0 aromatic heterocycles. The average Bonchev–Trinajstić information content (AvgIpc) is 2.79. The van der Waals surface area contributed by atoms with Gasteiger partial charge in [-0.1, -0.05) is 18.2 Å². The maximum Gasteiger partial charge on any atom is 0.328 e. The number of rotatable bonds is 10. The zero-order valence-corrected chi connectivity index (χ0v) is 19.5. The second-order valence-corrected chi connectivity index (χ2v) is 7.58. The quantitative estimate of drug-likeness (QED) is 0.349. The van der Waals surface area contributed by atoms with Crippen LogP contribution >= 0.6 is 0 Å². The van der Waals surface area contributed by atoms with Crippen molar-refractivity contribution in [3.05, 3.63) is 53.6 Å². The number of carbonyl (C=O) groups is 4. The number of carbonyl (C=O) groups excluding carboxylic acids is 4. The molecule has 10 heteroatoms. The highest BCUT2D eigenvalue weighted by Gasteiger charge is 2.22. The molecule has 0 saturated carbocycles. The Morgan fingerprint density at radius 3 is 1.74 bits per heavy atom. The summed E-state index contributed by atoms with van der Waals surface area (Å²) in [6, 6.07) is 10.4. The van der Waals surface area contributed by atoms with Crippen molar-refractivity contribution in [2.24, 2.45) is 0 Å². The Hall–Kier alpha value is -4.08. The molecule has 0 aliphatic carbocycles. The first kappa shape index (κ1) is 26.2. The average molecular weight is 472 g/mol. The molecular weight excluding hydrogens is 442 g/mol. The van der Waals surface area contributed by atoms with Crippen LogP contribution in [0.25, 0.3) is 0 Å². The number of nitrogens with two attached hydrogens (primary N) is 1. The van der Waals surface area contributed by atoms with Crippen molar-refractivity contribution in [2.75, 3.05) is 20.0 Å². The fraction of sp³-hybridized carbons (Fsp3) is 0.333. The first-order valence-corrected chi connectivity index (χ1v) is 10.5. The maximum atomic E-state index is 12.0. The predicted octanol–water partition coefficient (Wildman–Crippen LogP) is 1.50. The highest BCUT2D eigenvalue weighted by molar-refractivity contribution is 5.84. The van der Waals surface area contributed by atoms with Gasteiger partial charge in [-0.25, -0.2) is 9.59 Å². The van der Waals surface area contributed by atoms with E-state index in [1.807, 2.05) is 0 Å². The van der Waals surface area contributed by atoms with Gasteiger partial charge in [-0.15, -0.1) is 0 Å². The second kappa shape index (κ2) is 12.2. The van der Waals surface area contributed by atoms with E-state index in [2.05, 4.69) is 10.6 Å². The van der Waals surface area contributed by atoms with Gasteiger partial charge in [0.05, 0.1) is 19.9 Å². The molecule has 0 aliphatic rings. The zero-order chi connectivity index (χ0) is 25.3. The summed E-state index contributed by atoms with van der Waals surface area (Å²) in [7, 11) is 2.51. The molecule has 0 unspecified atom stereocenters. The van der Waals surface area contributed by atoms with Gasteiger partial charge < -0.3 is 30.6 Å². The first-order valence-electron chi connectivity index (χ1n) is 10.5. The first-order chi connectivity index (χ1) is 16.1. The van der Waals surface area contributed by atoms with Gasteiger partial charge in [-0.05, 0) is 35.4 Å². The normalized spacial score (nSPS) is 12.1. The highest BCUT2D eigenvalue weighted by atomic mass is 16.5. The zero-order valence-electron chi connectivity index (χ0n) is 19.5. The van der Waals surface area contributed by atoms with Crippen LogP contribution in [-0.2, 0) is 41.5 Å². The van der Waals surface area contributed by atoms with Gasteiger partial charge in [-0.3, -0.25) is 9.59 Å². The summed E-state index contributed by atoms with van der Waals surface area (Å²) in [5, 5.41) is 5.13. The van der Waals surface area contributed by atoms with E-state index in [0.717, 1.165) is 5.56 Å². The fourth-order valence-electron chi connectivity index (χ4n) is 3.25. The summed E-state index contributed by atoms with van der Waals surface area (Å²) >= 11 is 0. The summed E-state index contributed by atoms with van der Waals surface area (Å²) < 4.78 is 15.4. The molecule has 0 spiro atoms. The Morgan fingerprint density at radius 1 is 0.794 bits per heavy atom. The molecule has 10 nitrogen and oxygen atoms in total. The molecule has 0 radical (unpaired) electrons. The van der Waals surface area contributed by atoms with E-state index in [-0.39, 0.29) is 24.7 Å². The topological polar surface area (TPSA) is 146 Å². The lowest BCUT2D eigenvalue weighted by molar-refractivity contribution is -0.145. The van der Waals surface area contributed by atoms with Crippen molar-refractivity contribution >= 4 is 29.4 Å². The van der Waals surface area contributed by atoms with E-state index in [1.165, 1.54) is 28.1 Å². The van der Waals surface area contributed by atoms with Crippen LogP contribution in [0.5, 0.6) is 11.5 Å². The number of nitrogen functional groups attached to an aromatic ring is 1. The minimum Gasteiger partial charge on any atom is -0.467 e. The van der Waals surface area contributed by atoms with E-state index in [9.17, 15) is 19.2 Å². The van der Waals surface area contributed by atoms with Gasteiger partial charge in [0, 0.05) is 26.7 Å². The van der Waals surface area contributed by atoms with Gasteiger partial charge in [0.15, 0.2) is 5.75 Å². The van der Waals surface area contributed by atoms with Crippen molar-refractivity contribution < 1.29 is 33.4 Å². The van der Waals surface area contributed by atoms with Crippen LogP contribution in [0.2, 0.25) is 0 Å². The third-order valence-corrected chi connectivity index (χ3v) is 4.84. The Morgan fingerprint density at radius 2 is 1.26 bits per heavy atom. The summed E-state index contributed by atoms with van der Waals surface area (Å²) in [6.07, 6.45) is 0.447. The predicted molar refractivity (Wildman–Crippen MR) is 124 cm³/mol. The molecular formula is C24H29N3O7. The number of hydrogen-bond donors (Lipinski definition) is 3. The SMILES string of the molecule is COC(=O)[C@H](Cc1ccc(Oc2cc(C[C@H](NC(C)=O)C(=O)OC)ccc2N)cc1)NC(C)=O. The van der Waals surface area contributed by atoms with Crippen LogP contribution in [0.15, 0.2) is 42.5 Å². The summed E-state index contributed by atoms with van der Waals surface area (Å²) in [5.74, 6) is -0.913. The molecule has 2 rings (SSSR count). The lowest BCUT2D eigenvalue weighted by Crippen LogP contribution is -2.42. The molecule has 0 fully saturated rings. The van der Waals surface area contributed by atoms with Gasteiger partial charge in [0.25, 0.3) is 0 Å². The molecule has 182 valence electrons. The number of hydrogen-bond acceptors (Lipinski definition) is 8. The number of amides is 2. The Balaban J connectivity index is 2.14. The van der Waals surface area contributed by atoms with Crippen LogP contribution in [0, 0.1) is 0 Å². The molecule has 2 aromatic carbocycles. The molecule has 0 saturated heterocycles. The summed E-state index contributed by atoms with van der Waals surface area (Å²) in [5.41, 5.74) is 7.93. The highest BCUT2D eigenvalue weighted by Crippen LogP contribution is 2.29. The van der Waals surface area contributed by atoms with Crippen LogP contribution in [0.3, 0.4) is 0 Å². The number of methoxy groups -OCH3 is 2. The van der Waals surface area contributed by atoms with E-state index in [4.69, 9.17) is 19.9 Å². The molecule has 2 amide bonds. The molecule has 34 heavy (non-hydrogen) atoms. The molecule has 0 heterocycles. The van der Waals surface area contributed by atoms with E-state index in [1.54, 1.807) is 42.5 Å². The minimum atomic E-state index is -0.843. The van der Waals surface area contributed by atoms with E-state index < -0.39 is 24.0 Å². The molecule has 0 aliphatic heterocycles. The van der Waals surface area contributed by atoms with Gasteiger partial charge >= 0.3 is 11.9 Å². The monoisotopic (exact) mass is 471 g/mol. The molecule has 2 atom stereocenters. The number of ether oxygens (including phenoxy) is 3. The van der Waals surface area contributed by atoms with Crippen molar-refractivity contribution in [3.63, 3.8) is 0 Å². The third-order valence-electron chi connectivity index (χ3n) is 4.84. The number of benzene rings is 2. The van der Waals surface area contributed by atoms with Crippen LogP contribution < -0.4 is 21.1 Å². The van der Waals surface area contributed by atoms with Crippen molar-refractivity contribution in [3.8, 4) is 11.5 Å². The molecule has 4 N–H and O–H groups in total.